The number of carbonyl (C=O) groups is 1. The van der Waals surface area contributed by atoms with E-state index in [0.717, 1.165) is 25.9 Å². The molecule has 1 aromatic heterocycles. The van der Waals surface area contributed by atoms with Crippen LogP contribution in [0.15, 0.2) is 6.20 Å². The number of carbonyl (C=O) groups excluding carboxylic acids is 1. The topological polar surface area (TPSA) is 62.6 Å². The fourth-order valence-electron chi connectivity index (χ4n) is 1.95. The summed E-state index contributed by atoms with van der Waals surface area (Å²) in [5.41, 5.74) is 0.202. The molecule has 0 aliphatic carbocycles. The molecule has 0 spiro atoms. The van der Waals surface area contributed by atoms with Gasteiger partial charge in [-0.2, -0.15) is 5.10 Å². The molecule has 1 aliphatic heterocycles. The molecule has 1 fully saturated rings. The Morgan fingerprint density at radius 2 is 2.44 bits per heavy atom. The van der Waals surface area contributed by atoms with Gasteiger partial charge in [0.15, 0.2) is 5.75 Å². The van der Waals surface area contributed by atoms with E-state index in [0.29, 0.717) is 12.4 Å². The smallest absolute Gasteiger partial charge is 0.362 e. The molecule has 2 heterocycles. The van der Waals surface area contributed by atoms with Gasteiger partial charge in [0.25, 0.3) is 0 Å². The zero-order valence-corrected chi connectivity index (χ0v) is 10.7. The van der Waals surface area contributed by atoms with E-state index >= 15 is 0 Å². The molecule has 1 aromatic rings. The fourth-order valence-corrected chi connectivity index (χ4v) is 1.95. The van der Waals surface area contributed by atoms with Crippen LogP contribution in [0.2, 0.25) is 0 Å². The summed E-state index contributed by atoms with van der Waals surface area (Å²) >= 11 is 0. The zero-order valence-electron chi connectivity index (χ0n) is 10.7. The van der Waals surface area contributed by atoms with E-state index in [1.807, 2.05) is 0 Å². The van der Waals surface area contributed by atoms with Crippen molar-refractivity contribution in [3.8, 4) is 5.75 Å². The molecule has 1 atom stereocenters. The lowest BCUT2D eigenvalue weighted by atomic mass is 10.2. The molecule has 100 valence electrons. The summed E-state index contributed by atoms with van der Waals surface area (Å²) < 4.78 is 17.3. The number of rotatable bonds is 4. The van der Waals surface area contributed by atoms with Crippen LogP contribution < -0.4 is 4.74 Å². The van der Waals surface area contributed by atoms with Crippen LogP contribution in [0.4, 0.5) is 0 Å². The number of hydrogen-bond donors (Lipinski definition) is 0. The summed E-state index contributed by atoms with van der Waals surface area (Å²) in [5.74, 6) is -0.0495. The van der Waals surface area contributed by atoms with Gasteiger partial charge in [0.1, 0.15) is 6.23 Å². The highest BCUT2D eigenvalue weighted by Crippen LogP contribution is 2.26. The van der Waals surface area contributed by atoms with Gasteiger partial charge in [-0.05, 0) is 26.2 Å². The molecule has 6 heteroatoms. The van der Waals surface area contributed by atoms with Gasteiger partial charge >= 0.3 is 5.97 Å². The van der Waals surface area contributed by atoms with Crippen LogP contribution in [-0.2, 0) is 9.47 Å². The van der Waals surface area contributed by atoms with Gasteiger partial charge < -0.3 is 14.2 Å². The molecular formula is C12H18N2O4. The van der Waals surface area contributed by atoms with Crippen molar-refractivity contribution in [3.63, 3.8) is 0 Å². The van der Waals surface area contributed by atoms with Gasteiger partial charge in [-0.15, -0.1) is 0 Å². The average molecular weight is 254 g/mol. The van der Waals surface area contributed by atoms with Crippen molar-refractivity contribution in [1.82, 2.24) is 9.78 Å². The Morgan fingerprint density at radius 1 is 1.61 bits per heavy atom. The predicted molar refractivity (Wildman–Crippen MR) is 63.6 cm³/mol. The van der Waals surface area contributed by atoms with E-state index in [1.165, 1.54) is 7.11 Å². The van der Waals surface area contributed by atoms with Crippen LogP contribution in [0.5, 0.6) is 5.75 Å². The molecule has 0 amide bonds. The Balaban J connectivity index is 2.19. The molecule has 0 saturated carbocycles. The van der Waals surface area contributed by atoms with E-state index in [9.17, 15) is 4.79 Å². The van der Waals surface area contributed by atoms with Crippen LogP contribution in [0.3, 0.4) is 0 Å². The molecular weight excluding hydrogens is 236 g/mol. The predicted octanol–water partition coefficient (Wildman–Crippen LogP) is 1.77. The Hall–Kier alpha value is -1.56. The first-order valence-electron chi connectivity index (χ1n) is 6.18. The maximum absolute atomic E-state index is 11.7. The maximum Gasteiger partial charge on any atom is 0.362 e. The van der Waals surface area contributed by atoms with Crippen molar-refractivity contribution >= 4 is 5.97 Å². The van der Waals surface area contributed by atoms with E-state index in [1.54, 1.807) is 17.8 Å². The van der Waals surface area contributed by atoms with E-state index in [2.05, 4.69) is 5.10 Å². The first-order valence-corrected chi connectivity index (χ1v) is 6.18. The summed E-state index contributed by atoms with van der Waals surface area (Å²) in [5, 5.41) is 4.22. The number of nitrogens with zero attached hydrogens (tertiary/aromatic N) is 2. The van der Waals surface area contributed by atoms with Crippen LogP contribution >= 0.6 is 0 Å². The molecule has 0 aromatic carbocycles. The number of esters is 1. The highest BCUT2D eigenvalue weighted by atomic mass is 16.5. The van der Waals surface area contributed by atoms with Crippen molar-refractivity contribution in [2.75, 3.05) is 20.3 Å². The van der Waals surface area contributed by atoms with Gasteiger partial charge in [-0.1, -0.05) is 0 Å². The van der Waals surface area contributed by atoms with Gasteiger partial charge in [-0.3, -0.25) is 0 Å². The van der Waals surface area contributed by atoms with E-state index in [-0.39, 0.29) is 11.9 Å². The second-order valence-electron chi connectivity index (χ2n) is 4.07. The summed E-state index contributed by atoms with van der Waals surface area (Å²) in [6, 6.07) is 0. The SMILES string of the molecule is CCOC(=O)c1nn(C2CCCCO2)cc1OC. The lowest BCUT2D eigenvalue weighted by molar-refractivity contribution is -0.0398. The molecule has 2 rings (SSSR count). The Bertz CT molecular complexity index is 410. The minimum atomic E-state index is -0.469. The lowest BCUT2D eigenvalue weighted by Gasteiger charge is -2.22. The lowest BCUT2D eigenvalue weighted by Crippen LogP contribution is -2.19. The van der Waals surface area contributed by atoms with Crippen LogP contribution in [-0.4, -0.2) is 36.1 Å². The molecule has 0 radical (unpaired) electrons. The van der Waals surface area contributed by atoms with Gasteiger partial charge in [0, 0.05) is 6.61 Å². The highest BCUT2D eigenvalue weighted by Gasteiger charge is 2.23. The van der Waals surface area contributed by atoms with Gasteiger partial charge in [0.05, 0.1) is 19.9 Å². The number of ether oxygens (including phenoxy) is 3. The van der Waals surface area contributed by atoms with Crippen molar-refractivity contribution in [2.24, 2.45) is 0 Å². The van der Waals surface area contributed by atoms with Crippen molar-refractivity contribution < 1.29 is 19.0 Å². The van der Waals surface area contributed by atoms with Crippen LogP contribution in [0, 0.1) is 0 Å². The van der Waals surface area contributed by atoms with Crippen molar-refractivity contribution in [3.05, 3.63) is 11.9 Å². The van der Waals surface area contributed by atoms with Gasteiger partial charge in [0.2, 0.25) is 5.69 Å². The molecule has 1 aliphatic rings. The Morgan fingerprint density at radius 3 is 3.06 bits per heavy atom. The van der Waals surface area contributed by atoms with Crippen molar-refractivity contribution in [1.29, 1.82) is 0 Å². The number of aromatic nitrogens is 2. The molecule has 0 N–H and O–H groups in total. The quantitative estimate of drug-likeness (QED) is 0.766. The first-order chi connectivity index (χ1) is 8.76. The fraction of sp³-hybridized carbons (Fsp3) is 0.667. The summed E-state index contributed by atoms with van der Waals surface area (Å²) in [6.45, 7) is 2.79. The second-order valence-corrected chi connectivity index (χ2v) is 4.07. The maximum atomic E-state index is 11.7. The molecule has 0 bridgehead atoms. The molecule has 18 heavy (non-hydrogen) atoms. The molecule has 1 unspecified atom stereocenters. The molecule has 1 saturated heterocycles. The number of hydrogen-bond acceptors (Lipinski definition) is 5. The van der Waals surface area contributed by atoms with E-state index < -0.39 is 5.97 Å². The summed E-state index contributed by atoms with van der Waals surface area (Å²) in [6.07, 6.45) is 4.63. The zero-order chi connectivity index (χ0) is 13.0. The number of methoxy groups -OCH3 is 1. The monoisotopic (exact) mass is 254 g/mol. The third-order valence-corrected chi connectivity index (χ3v) is 2.84. The minimum Gasteiger partial charge on any atom is -0.493 e. The summed E-state index contributed by atoms with van der Waals surface area (Å²) in [7, 11) is 1.51. The van der Waals surface area contributed by atoms with Crippen LogP contribution in [0.25, 0.3) is 0 Å². The third kappa shape index (κ3) is 2.64. The third-order valence-electron chi connectivity index (χ3n) is 2.84. The largest absolute Gasteiger partial charge is 0.493 e. The van der Waals surface area contributed by atoms with E-state index in [4.69, 9.17) is 14.2 Å². The molecule has 6 nitrogen and oxygen atoms in total. The standard InChI is InChI=1S/C12H18N2O4/c1-3-17-12(15)11-9(16-2)8-14(13-11)10-6-4-5-7-18-10/h8,10H,3-7H2,1-2H3. The Kier molecular flexibility index (Phi) is 4.19. The summed E-state index contributed by atoms with van der Waals surface area (Å²) in [4.78, 5) is 11.7. The van der Waals surface area contributed by atoms with Crippen molar-refractivity contribution in [2.45, 2.75) is 32.4 Å². The first kappa shape index (κ1) is 12.9. The van der Waals surface area contributed by atoms with Gasteiger partial charge in [-0.25, -0.2) is 9.48 Å². The second kappa shape index (κ2) is 5.86. The normalized spacial score (nSPS) is 19.6. The Labute approximate surface area is 106 Å². The van der Waals surface area contributed by atoms with Crippen LogP contribution in [0.1, 0.15) is 42.9 Å². The highest BCUT2D eigenvalue weighted by molar-refractivity contribution is 5.90. The minimum absolute atomic E-state index is 0.115. The average Bonchev–Trinajstić information content (AvgIpc) is 2.84.